The Morgan fingerprint density at radius 3 is 1.18 bits per heavy atom. The third-order valence-electron chi connectivity index (χ3n) is 6.55. The molecule has 6 heterocycles. The van der Waals surface area contributed by atoms with Gasteiger partial charge >= 0.3 is 0 Å². The van der Waals surface area contributed by atoms with Gasteiger partial charge in [0.25, 0.3) is 0 Å². The molecule has 0 bridgehead atoms. The van der Waals surface area contributed by atoms with E-state index in [0.29, 0.717) is 5.69 Å². The Hall–Kier alpha value is -4.60. The molecule has 11 heteroatoms. The van der Waals surface area contributed by atoms with Gasteiger partial charge in [0, 0.05) is 83.1 Å². The second-order valence-electron chi connectivity index (χ2n) is 9.26. The summed E-state index contributed by atoms with van der Waals surface area (Å²) < 4.78 is 21.2. The quantitative estimate of drug-likeness (QED) is 0.150. The fourth-order valence-corrected chi connectivity index (χ4v) is 4.82. The number of rotatable bonds is 2. The average Bonchev–Trinajstić information content (AvgIpc) is 3.09. The van der Waals surface area contributed by atoms with E-state index in [1.165, 1.54) is 12.3 Å². The van der Waals surface area contributed by atoms with E-state index in [9.17, 15) is 8.76 Å². The molecule has 0 aliphatic carbocycles. The van der Waals surface area contributed by atoms with E-state index in [0.717, 1.165) is 49.3 Å². The minimum Gasteiger partial charge on any atom is -1.00 e. The minimum atomic E-state index is -2.23. The summed E-state index contributed by atoms with van der Waals surface area (Å²) in [6, 6.07) is 32.9. The molecule has 0 fully saturated rings. The molecule has 8 rings (SSSR count). The molecule has 45 heavy (non-hydrogen) atoms. The van der Waals surface area contributed by atoms with Crippen molar-refractivity contribution in [2.75, 3.05) is 0 Å². The van der Waals surface area contributed by atoms with Crippen LogP contribution in [-0.4, -0.2) is 38.7 Å². The maximum absolute atomic E-state index is 10.6. The van der Waals surface area contributed by atoms with E-state index in [1.807, 2.05) is 42.5 Å². The van der Waals surface area contributed by atoms with Crippen molar-refractivity contribution in [3.8, 4) is 11.4 Å². The first-order chi connectivity index (χ1) is 21.2. The second kappa shape index (κ2) is 15.9. The van der Waals surface area contributed by atoms with Crippen LogP contribution in [0, 0.1) is 0 Å². The summed E-state index contributed by atoms with van der Waals surface area (Å²) in [5.41, 5.74) is 5.29. The fourth-order valence-electron chi connectivity index (χ4n) is 4.50. The van der Waals surface area contributed by atoms with Gasteiger partial charge in [0.15, 0.2) is 0 Å². The number of hydrogen-bond donors (Lipinski definition) is 0. The van der Waals surface area contributed by atoms with Gasteiger partial charge in [-0.05, 0) is 59.6 Å². The average molecular weight is 716 g/mol. The summed E-state index contributed by atoms with van der Waals surface area (Å²) >= 11 is -2.23. The summed E-state index contributed by atoms with van der Waals surface area (Å²) in [5.74, 6) is 0. The smallest absolute Gasteiger partial charge is 0.0964 e. The zero-order chi connectivity index (χ0) is 29.4. The Labute approximate surface area is 280 Å². The maximum Gasteiger partial charge on any atom is 0.0964 e. The summed E-state index contributed by atoms with van der Waals surface area (Å²) in [7, 11) is 0. The Kier molecular flexibility index (Phi) is 11.8. The molecule has 0 N–H and O–H groups in total. The van der Waals surface area contributed by atoms with Gasteiger partial charge in [-0.15, -0.1) is 0 Å². The van der Waals surface area contributed by atoms with Crippen LogP contribution in [-0.2, 0) is 30.6 Å². The van der Waals surface area contributed by atoms with E-state index < -0.39 is 11.1 Å². The van der Waals surface area contributed by atoms with Gasteiger partial charge < -0.3 is 17.0 Å². The molecule has 0 radical (unpaired) electrons. The van der Waals surface area contributed by atoms with Gasteiger partial charge in [-0.1, -0.05) is 54.6 Å². The van der Waals surface area contributed by atoms with Gasteiger partial charge in [0.05, 0.1) is 33.5 Å². The van der Waals surface area contributed by atoms with Crippen molar-refractivity contribution in [2.45, 2.75) is 4.90 Å². The monoisotopic (exact) mass is 716 g/mol. The standard InChI is InChI=1S/2C12H8N2.C10H8N2O2S.ClH.Ru/c2*1-3-9-5-6-10-4-2-8-14-12(10)11(9)13-7-1;13-15(14)8-4-5-10(12-7-8)9-3-1-2-6-11-9;;/h2*1-8H;1-7H,(H,13,14);1H;/p-2. The number of nitrogens with zero attached hydrogens (tertiary/aromatic N) is 6. The Bertz CT molecular complexity index is 1970. The first kappa shape index (κ1) is 33.3. The predicted octanol–water partition coefficient (Wildman–Crippen LogP) is 3.95. The van der Waals surface area contributed by atoms with Gasteiger partial charge in [-0.25, -0.2) is 0 Å². The molecule has 1 unspecified atom stereocenters. The van der Waals surface area contributed by atoms with Gasteiger partial charge in [-0.3, -0.25) is 34.1 Å². The number of fused-ring (bicyclic) bond motifs is 6. The molecule has 0 amide bonds. The Balaban J connectivity index is 0.000000150. The first-order valence-corrected chi connectivity index (χ1v) is 14.4. The zero-order valence-electron chi connectivity index (χ0n) is 23.4. The molecule has 1 atom stereocenters. The SMILES string of the molecule is O=S([O-])c1ccc(-c2ccccn2)nc1.[Cl-].[Ru].c1cnc2c(c1)ccc1cccnc12.c1cnc2c(c1)ccc1cccnc12. The van der Waals surface area contributed by atoms with Crippen LogP contribution in [0.5, 0.6) is 0 Å². The van der Waals surface area contributed by atoms with Gasteiger partial charge in [0.2, 0.25) is 0 Å². The summed E-state index contributed by atoms with van der Waals surface area (Å²) in [5, 5.41) is 4.55. The van der Waals surface area contributed by atoms with E-state index >= 15 is 0 Å². The van der Waals surface area contributed by atoms with Crippen LogP contribution in [0.2, 0.25) is 0 Å². The van der Waals surface area contributed by atoms with Crippen molar-refractivity contribution in [3.63, 3.8) is 0 Å². The van der Waals surface area contributed by atoms with Crippen molar-refractivity contribution in [3.05, 3.63) is 140 Å². The third-order valence-corrected chi connectivity index (χ3v) is 7.17. The molecule has 6 aromatic heterocycles. The van der Waals surface area contributed by atoms with Crippen LogP contribution in [0.25, 0.3) is 55.0 Å². The molecule has 0 aliphatic rings. The van der Waals surface area contributed by atoms with Crippen molar-refractivity contribution < 1.29 is 40.6 Å². The van der Waals surface area contributed by atoms with Crippen molar-refractivity contribution in [2.24, 2.45) is 0 Å². The molecule has 8 aromatic rings. The molecular weight excluding hydrogens is 693 g/mol. The van der Waals surface area contributed by atoms with Gasteiger partial charge in [0.1, 0.15) is 0 Å². The number of aromatic nitrogens is 6. The number of halogens is 1. The van der Waals surface area contributed by atoms with E-state index in [4.69, 9.17) is 0 Å². The summed E-state index contributed by atoms with van der Waals surface area (Å²) in [4.78, 5) is 25.7. The molecule has 0 saturated heterocycles. The van der Waals surface area contributed by atoms with E-state index in [1.54, 1.807) is 37.1 Å². The fraction of sp³-hybridized carbons (Fsp3) is 0. The van der Waals surface area contributed by atoms with Crippen molar-refractivity contribution >= 4 is 54.7 Å². The molecular formula is C34H23ClN6O2RuS-2. The minimum absolute atomic E-state index is 0. The summed E-state index contributed by atoms with van der Waals surface area (Å²) in [6.45, 7) is 0. The van der Waals surface area contributed by atoms with Crippen LogP contribution < -0.4 is 12.4 Å². The zero-order valence-corrected chi connectivity index (χ0v) is 26.7. The summed E-state index contributed by atoms with van der Waals surface area (Å²) in [6.07, 6.45) is 10.2. The third kappa shape index (κ3) is 7.92. The van der Waals surface area contributed by atoms with Crippen LogP contribution in [0.1, 0.15) is 0 Å². The van der Waals surface area contributed by atoms with Gasteiger partial charge in [-0.2, -0.15) is 0 Å². The van der Waals surface area contributed by atoms with Crippen molar-refractivity contribution in [1.29, 1.82) is 0 Å². The van der Waals surface area contributed by atoms with E-state index in [-0.39, 0.29) is 36.8 Å². The maximum atomic E-state index is 10.6. The van der Waals surface area contributed by atoms with Crippen LogP contribution in [0.3, 0.4) is 0 Å². The normalized spacial score (nSPS) is 10.9. The predicted molar refractivity (Wildman–Crippen MR) is 169 cm³/mol. The Morgan fingerprint density at radius 1 is 0.444 bits per heavy atom. The second-order valence-corrected chi connectivity index (χ2v) is 10.2. The van der Waals surface area contributed by atoms with Crippen LogP contribution in [0.15, 0.2) is 145 Å². The van der Waals surface area contributed by atoms with Crippen molar-refractivity contribution in [1.82, 2.24) is 29.9 Å². The van der Waals surface area contributed by atoms with Crippen LogP contribution in [0.4, 0.5) is 0 Å². The van der Waals surface area contributed by atoms with Crippen LogP contribution >= 0.6 is 0 Å². The number of pyridine rings is 6. The first-order valence-electron chi connectivity index (χ1n) is 13.3. The molecule has 0 saturated carbocycles. The molecule has 0 spiro atoms. The molecule has 2 aromatic carbocycles. The number of hydrogen-bond acceptors (Lipinski definition) is 8. The molecule has 0 aliphatic heterocycles. The molecule has 8 nitrogen and oxygen atoms in total. The van der Waals surface area contributed by atoms with E-state index in [2.05, 4.69) is 78.4 Å². The Morgan fingerprint density at radius 2 is 0.844 bits per heavy atom. The topological polar surface area (TPSA) is 117 Å². The number of benzene rings is 2. The largest absolute Gasteiger partial charge is 1.00 e. The molecule has 224 valence electrons.